The van der Waals surface area contributed by atoms with Crippen LogP contribution < -0.4 is 5.69 Å². The maximum Gasteiger partial charge on any atom is 0.346 e. The molecular formula is C22H23N3O3. The normalized spacial score (nSPS) is 10.8. The Morgan fingerprint density at radius 2 is 1.89 bits per heavy atom. The van der Waals surface area contributed by atoms with E-state index < -0.39 is 5.97 Å². The fraction of sp³-hybridized carbons (Fsp3) is 0.227. The van der Waals surface area contributed by atoms with Crippen LogP contribution in [-0.2, 0) is 19.5 Å². The van der Waals surface area contributed by atoms with Gasteiger partial charge in [0.25, 0.3) is 0 Å². The molecule has 0 aliphatic rings. The minimum Gasteiger partial charge on any atom is -0.478 e. The van der Waals surface area contributed by atoms with Gasteiger partial charge in [-0.3, -0.25) is 4.57 Å². The Balaban J connectivity index is 1.90. The summed E-state index contributed by atoms with van der Waals surface area (Å²) in [4.78, 5) is 24.0. The van der Waals surface area contributed by atoms with Gasteiger partial charge in [0.05, 0.1) is 12.1 Å². The molecule has 28 heavy (non-hydrogen) atoms. The highest BCUT2D eigenvalue weighted by Gasteiger charge is 2.13. The van der Waals surface area contributed by atoms with E-state index in [0.717, 1.165) is 23.4 Å². The molecule has 0 radical (unpaired) electrons. The van der Waals surface area contributed by atoms with Gasteiger partial charge in [-0.1, -0.05) is 48.5 Å². The van der Waals surface area contributed by atoms with E-state index >= 15 is 0 Å². The average molecular weight is 377 g/mol. The first kappa shape index (κ1) is 19.4. The van der Waals surface area contributed by atoms with E-state index in [-0.39, 0.29) is 11.3 Å². The van der Waals surface area contributed by atoms with Crippen molar-refractivity contribution < 1.29 is 9.90 Å². The Hall–Kier alpha value is -3.41. The van der Waals surface area contributed by atoms with Gasteiger partial charge in [-0.05, 0) is 36.1 Å². The van der Waals surface area contributed by atoms with Gasteiger partial charge >= 0.3 is 11.7 Å². The molecule has 0 saturated carbocycles. The summed E-state index contributed by atoms with van der Waals surface area (Å²) >= 11 is 0. The number of hydrogen-bond donors (Lipinski definition) is 1. The van der Waals surface area contributed by atoms with Crippen LogP contribution in [0.15, 0.2) is 66.0 Å². The van der Waals surface area contributed by atoms with Crippen molar-refractivity contribution in [3.05, 3.63) is 88.6 Å². The zero-order chi connectivity index (χ0) is 20.1. The van der Waals surface area contributed by atoms with Gasteiger partial charge < -0.3 is 5.11 Å². The topological polar surface area (TPSA) is 77.1 Å². The first-order valence-electron chi connectivity index (χ1n) is 9.24. The SMILES string of the molecule is C=CCCc1nn(CC)c(=O)n1Cc1ccc(-c2ccccc2C(=O)O)cc1. The molecule has 6 nitrogen and oxygen atoms in total. The third-order valence-corrected chi connectivity index (χ3v) is 4.63. The van der Waals surface area contributed by atoms with Crippen molar-refractivity contribution in [2.24, 2.45) is 0 Å². The Bertz CT molecular complexity index is 1050. The molecule has 0 aliphatic carbocycles. The zero-order valence-electron chi connectivity index (χ0n) is 15.8. The lowest BCUT2D eigenvalue weighted by atomic mass is 9.99. The standard InChI is InChI=1S/C22H23N3O3/c1-3-5-10-20-23-25(4-2)22(28)24(20)15-16-11-13-17(14-12-16)18-8-6-7-9-19(18)21(26)27/h3,6-9,11-14H,1,4-5,10,15H2,2H3,(H,26,27). The van der Waals surface area contributed by atoms with Crippen LogP contribution in [0.4, 0.5) is 0 Å². The lowest BCUT2D eigenvalue weighted by Gasteiger charge is -2.09. The van der Waals surface area contributed by atoms with Gasteiger partial charge in [-0.25, -0.2) is 14.3 Å². The van der Waals surface area contributed by atoms with Crippen LogP contribution >= 0.6 is 0 Å². The molecular weight excluding hydrogens is 354 g/mol. The minimum absolute atomic E-state index is 0.123. The van der Waals surface area contributed by atoms with Crippen LogP contribution in [-0.4, -0.2) is 25.4 Å². The fourth-order valence-electron chi connectivity index (χ4n) is 3.16. The van der Waals surface area contributed by atoms with Crippen molar-refractivity contribution in [1.29, 1.82) is 0 Å². The second kappa shape index (κ2) is 8.52. The molecule has 6 heteroatoms. The molecule has 144 valence electrons. The van der Waals surface area contributed by atoms with E-state index in [2.05, 4.69) is 11.7 Å². The van der Waals surface area contributed by atoms with Gasteiger partial charge in [-0.2, -0.15) is 5.10 Å². The second-order valence-electron chi connectivity index (χ2n) is 6.48. The van der Waals surface area contributed by atoms with Crippen molar-refractivity contribution in [2.45, 2.75) is 32.9 Å². The highest BCUT2D eigenvalue weighted by molar-refractivity contribution is 5.95. The minimum atomic E-state index is -0.954. The largest absolute Gasteiger partial charge is 0.478 e. The van der Waals surface area contributed by atoms with E-state index in [1.807, 2.05) is 43.3 Å². The van der Waals surface area contributed by atoms with E-state index in [1.165, 1.54) is 4.68 Å². The fourth-order valence-corrected chi connectivity index (χ4v) is 3.16. The Morgan fingerprint density at radius 3 is 2.54 bits per heavy atom. The molecule has 1 heterocycles. The van der Waals surface area contributed by atoms with Crippen molar-refractivity contribution in [1.82, 2.24) is 14.3 Å². The van der Waals surface area contributed by atoms with Gasteiger partial charge in [0.1, 0.15) is 5.82 Å². The lowest BCUT2D eigenvalue weighted by molar-refractivity contribution is 0.0697. The molecule has 0 saturated heterocycles. The molecule has 1 aromatic heterocycles. The summed E-state index contributed by atoms with van der Waals surface area (Å²) in [5, 5.41) is 13.8. The van der Waals surface area contributed by atoms with Crippen molar-refractivity contribution in [3.63, 3.8) is 0 Å². The van der Waals surface area contributed by atoms with Crippen LogP contribution in [0.3, 0.4) is 0 Å². The molecule has 3 rings (SSSR count). The number of allylic oxidation sites excluding steroid dienone is 1. The molecule has 0 bridgehead atoms. The van der Waals surface area contributed by atoms with Crippen molar-refractivity contribution in [3.8, 4) is 11.1 Å². The molecule has 1 N–H and O–H groups in total. The number of carbonyl (C=O) groups is 1. The van der Waals surface area contributed by atoms with Crippen LogP contribution in [0, 0.1) is 0 Å². The third-order valence-electron chi connectivity index (χ3n) is 4.63. The van der Waals surface area contributed by atoms with E-state index in [1.54, 1.807) is 22.8 Å². The van der Waals surface area contributed by atoms with Crippen LogP contribution in [0.25, 0.3) is 11.1 Å². The maximum absolute atomic E-state index is 12.6. The number of carboxylic acids is 1. The molecule has 0 atom stereocenters. The number of carboxylic acid groups (broad SMARTS) is 1. The first-order valence-corrected chi connectivity index (χ1v) is 9.24. The quantitative estimate of drug-likeness (QED) is 0.609. The van der Waals surface area contributed by atoms with Crippen molar-refractivity contribution >= 4 is 5.97 Å². The predicted molar refractivity (Wildman–Crippen MR) is 109 cm³/mol. The molecule has 0 fully saturated rings. The van der Waals surface area contributed by atoms with Gasteiger partial charge in [0.15, 0.2) is 0 Å². The molecule has 0 amide bonds. The van der Waals surface area contributed by atoms with Crippen LogP contribution in [0.1, 0.15) is 35.1 Å². The van der Waals surface area contributed by atoms with Crippen LogP contribution in [0.5, 0.6) is 0 Å². The highest BCUT2D eigenvalue weighted by atomic mass is 16.4. The molecule has 0 unspecified atom stereocenters. The summed E-state index contributed by atoms with van der Waals surface area (Å²) in [6.07, 6.45) is 3.23. The number of aromatic nitrogens is 3. The number of rotatable bonds is 8. The zero-order valence-corrected chi connectivity index (χ0v) is 15.8. The Labute approximate surface area is 163 Å². The van der Waals surface area contributed by atoms with Gasteiger partial charge in [0, 0.05) is 13.0 Å². The summed E-state index contributed by atoms with van der Waals surface area (Å²) in [6, 6.07) is 14.5. The smallest absolute Gasteiger partial charge is 0.346 e. The first-order chi connectivity index (χ1) is 13.5. The van der Waals surface area contributed by atoms with E-state index in [0.29, 0.717) is 25.1 Å². The molecule has 3 aromatic rings. The summed E-state index contributed by atoms with van der Waals surface area (Å²) in [7, 11) is 0. The predicted octanol–water partition coefficient (Wildman–Crippen LogP) is 3.60. The number of benzene rings is 2. The second-order valence-corrected chi connectivity index (χ2v) is 6.48. The van der Waals surface area contributed by atoms with Crippen LogP contribution in [0.2, 0.25) is 0 Å². The summed E-state index contributed by atoms with van der Waals surface area (Å²) < 4.78 is 3.16. The third kappa shape index (κ3) is 3.96. The van der Waals surface area contributed by atoms with Gasteiger partial charge in [-0.15, -0.1) is 6.58 Å². The number of nitrogens with zero attached hydrogens (tertiary/aromatic N) is 3. The lowest BCUT2D eigenvalue weighted by Crippen LogP contribution is -2.25. The number of aromatic carboxylic acids is 1. The molecule has 0 aliphatic heterocycles. The highest BCUT2D eigenvalue weighted by Crippen LogP contribution is 2.24. The summed E-state index contributed by atoms with van der Waals surface area (Å²) in [6.45, 7) is 6.57. The van der Waals surface area contributed by atoms with E-state index in [4.69, 9.17) is 0 Å². The van der Waals surface area contributed by atoms with Crippen molar-refractivity contribution in [2.75, 3.05) is 0 Å². The average Bonchev–Trinajstić information content (AvgIpc) is 3.01. The van der Waals surface area contributed by atoms with E-state index in [9.17, 15) is 14.7 Å². The summed E-state index contributed by atoms with van der Waals surface area (Å²) in [5.41, 5.74) is 2.59. The maximum atomic E-state index is 12.6. The monoisotopic (exact) mass is 377 g/mol. The Kier molecular flexibility index (Phi) is 5.89. The number of aryl methyl sites for hydroxylation is 2. The molecule has 0 spiro atoms. The Morgan fingerprint density at radius 1 is 1.18 bits per heavy atom. The van der Waals surface area contributed by atoms with Gasteiger partial charge in [0.2, 0.25) is 0 Å². The molecule has 2 aromatic carbocycles. The number of hydrogen-bond acceptors (Lipinski definition) is 3. The summed E-state index contributed by atoms with van der Waals surface area (Å²) in [5.74, 6) is -0.211.